The molecule has 0 amide bonds. The van der Waals surface area contributed by atoms with Crippen molar-refractivity contribution >= 4 is 17.4 Å². The van der Waals surface area contributed by atoms with Crippen molar-refractivity contribution in [2.75, 3.05) is 0 Å². The van der Waals surface area contributed by atoms with E-state index in [1.807, 2.05) is 19.9 Å². The topological polar surface area (TPSA) is 17.1 Å². The third-order valence-electron chi connectivity index (χ3n) is 2.96. The zero-order chi connectivity index (χ0) is 10.3. The van der Waals surface area contributed by atoms with E-state index in [9.17, 15) is 4.79 Å². The Labute approximate surface area is 89.1 Å². The number of benzene rings is 1. The van der Waals surface area contributed by atoms with Crippen molar-refractivity contribution in [1.29, 1.82) is 0 Å². The first kappa shape index (κ1) is 9.72. The second-order valence-corrected chi connectivity index (χ2v) is 4.34. The van der Waals surface area contributed by atoms with Crippen molar-refractivity contribution in [2.24, 2.45) is 0 Å². The summed E-state index contributed by atoms with van der Waals surface area (Å²) in [6.45, 7) is 3.96. The summed E-state index contributed by atoms with van der Waals surface area (Å²) in [7, 11) is 0. The van der Waals surface area contributed by atoms with Gasteiger partial charge in [-0.1, -0.05) is 11.6 Å². The molecule has 0 heterocycles. The van der Waals surface area contributed by atoms with Gasteiger partial charge in [-0.25, -0.2) is 0 Å². The molecule has 0 aromatic heterocycles. The van der Waals surface area contributed by atoms with Crippen LogP contribution in [-0.2, 0) is 6.42 Å². The molecule has 1 aromatic rings. The Hall–Kier alpha value is -0.820. The van der Waals surface area contributed by atoms with Gasteiger partial charge < -0.3 is 0 Å². The number of rotatable bonds is 0. The van der Waals surface area contributed by atoms with Crippen LogP contribution in [0.3, 0.4) is 0 Å². The van der Waals surface area contributed by atoms with Crippen LogP contribution in [0.5, 0.6) is 0 Å². The van der Waals surface area contributed by atoms with Crippen molar-refractivity contribution in [1.82, 2.24) is 0 Å². The lowest BCUT2D eigenvalue weighted by Crippen LogP contribution is -2.14. The summed E-state index contributed by atoms with van der Waals surface area (Å²) in [5, 5.41) is 0.719. The minimum Gasteiger partial charge on any atom is -0.294 e. The highest BCUT2D eigenvalue weighted by Crippen LogP contribution is 2.31. The average Bonchev–Trinajstić information content (AvgIpc) is 2.14. The number of hydrogen-bond donors (Lipinski definition) is 0. The molecule has 1 aliphatic rings. The fourth-order valence-corrected chi connectivity index (χ4v) is 2.44. The number of aryl methyl sites for hydroxylation is 1. The third-order valence-corrected chi connectivity index (χ3v) is 3.36. The first-order chi connectivity index (χ1) is 6.61. The largest absolute Gasteiger partial charge is 0.294 e. The van der Waals surface area contributed by atoms with Gasteiger partial charge in [0.1, 0.15) is 0 Å². The maximum Gasteiger partial charge on any atom is 0.163 e. The van der Waals surface area contributed by atoms with Crippen LogP contribution >= 0.6 is 11.6 Å². The molecule has 0 radical (unpaired) electrons. The second-order valence-electron chi connectivity index (χ2n) is 3.93. The van der Waals surface area contributed by atoms with E-state index in [1.54, 1.807) is 0 Å². The Balaban J connectivity index is 2.73. The van der Waals surface area contributed by atoms with E-state index in [0.717, 1.165) is 34.6 Å². The van der Waals surface area contributed by atoms with Crippen LogP contribution in [0.15, 0.2) is 6.07 Å². The number of ketones is 1. The maximum absolute atomic E-state index is 11.8. The predicted octanol–water partition coefficient (Wildman–Crippen LogP) is 3.48. The Bertz CT molecular complexity index is 407. The number of fused-ring (bicyclic) bond motifs is 1. The molecule has 1 nitrogen and oxygen atoms in total. The smallest absolute Gasteiger partial charge is 0.163 e. The first-order valence-corrected chi connectivity index (χ1v) is 5.31. The van der Waals surface area contributed by atoms with E-state index in [1.165, 1.54) is 5.56 Å². The number of hydrogen-bond acceptors (Lipinski definition) is 1. The maximum atomic E-state index is 11.8. The van der Waals surface area contributed by atoms with Gasteiger partial charge in [0.25, 0.3) is 0 Å². The van der Waals surface area contributed by atoms with Gasteiger partial charge in [0.05, 0.1) is 0 Å². The van der Waals surface area contributed by atoms with E-state index in [0.29, 0.717) is 6.42 Å². The molecule has 2 heteroatoms. The highest BCUT2D eigenvalue weighted by Gasteiger charge is 2.22. The summed E-state index contributed by atoms with van der Waals surface area (Å²) >= 11 is 6.06. The second kappa shape index (κ2) is 3.39. The molecular weight excluding hydrogens is 196 g/mol. The van der Waals surface area contributed by atoms with Crippen LogP contribution in [0.25, 0.3) is 0 Å². The van der Waals surface area contributed by atoms with Crippen molar-refractivity contribution < 1.29 is 4.79 Å². The van der Waals surface area contributed by atoms with Gasteiger partial charge in [-0.2, -0.15) is 0 Å². The zero-order valence-corrected chi connectivity index (χ0v) is 9.24. The molecule has 0 bridgehead atoms. The average molecular weight is 209 g/mol. The van der Waals surface area contributed by atoms with Gasteiger partial charge in [0, 0.05) is 17.0 Å². The molecule has 0 fully saturated rings. The summed E-state index contributed by atoms with van der Waals surface area (Å²) in [4.78, 5) is 11.8. The molecule has 0 spiro atoms. The van der Waals surface area contributed by atoms with E-state index in [-0.39, 0.29) is 5.78 Å². The quantitative estimate of drug-likeness (QED) is 0.638. The summed E-state index contributed by atoms with van der Waals surface area (Å²) in [5.74, 6) is 0.259. The molecule has 0 saturated heterocycles. The predicted molar refractivity (Wildman–Crippen MR) is 58.2 cm³/mol. The lowest BCUT2D eigenvalue weighted by Gasteiger charge is -2.20. The monoisotopic (exact) mass is 208 g/mol. The van der Waals surface area contributed by atoms with Crippen LogP contribution in [-0.4, -0.2) is 5.78 Å². The zero-order valence-electron chi connectivity index (χ0n) is 8.48. The Morgan fingerprint density at radius 1 is 1.29 bits per heavy atom. The van der Waals surface area contributed by atoms with Crippen molar-refractivity contribution in [3.8, 4) is 0 Å². The van der Waals surface area contributed by atoms with Crippen LogP contribution < -0.4 is 0 Å². The van der Waals surface area contributed by atoms with E-state index >= 15 is 0 Å². The van der Waals surface area contributed by atoms with E-state index < -0.39 is 0 Å². The molecule has 0 saturated carbocycles. The Morgan fingerprint density at radius 3 is 2.71 bits per heavy atom. The minimum atomic E-state index is 0.259. The number of halogens is 1. The fraction of sp³-hybridized carbons (Fsp3) is 0.417. The van der Waals surface area contributed by atoms with E-state index in [2.05, 4.69) is 0 Å². The van der Waals surface area contributed by atoms with Crippen molar-refractivity contribution in [3.63, 3.8) is 0 Å². The molecular formula is C12H13ClO. The number of carbonyl (C=O) groups excluding carboxylic acids is 1. The molecule has 2 rings (SSSR count). The SMILES string of the molecule is Cc1cc(Cl)c(C)c2c1CCCC2=O. The lowest BCUT2D eigenvalue weighted by atomic mass is 9.85. The van der Waals surface area contributed by atoms with Crippen molar-refractivity contribution in [3.05, 3.63) is 33.3 Å². The summed E-state index contributed by atoms with van der Waals surface area (Å²) in [6, 6.07) is 1.97. The summed E-state index contributed by atoms with van der Waals surface area (Å²) in [5.41, 5.74) is 4.21. The first-order valence-electron chi connectivity index (χ1n) is 4.93. The van der Waals surface area contributed by atoms with Crippen LogP contribution in [0, 0.1) is 13.8 Å². The lowest BCUT2D eigenvalue weighted by molar-refractivity contribution is 0.0971. The number of carbonyl (C=O) groups is 1. The van der Waals surface area contributed by atoms with Gasteiger partial charge in [0.15, 0.2) is 5.78 Å². The summed E-state index contributed by atoms with van der Waals surface area (Å²) < 4.78 is 0. The molecule has 74 valence electrons. The fourth-order valence-electron chi connectivity index (χ4n) is 2.18. The van der Waals surface area contributed by atoms with Gasteiger partial charge >= 0.3 is 0 Å². The molecule has 0 aliphatic heterocycles. The van der Waals surface area contributed by atoms with Gasteiger partial charge in [-0.05, 0) is 49.4 Å². The molecule has 0 atom stereocenters. The van der Waals surface area contributed by atoms with Crippen molar-refractivity contribution in [2.45, 2.75) is 33.1 Å². The molecule has 1 aliphatic carbocycles. The van der Waals surface area contributed by atoms with Crippen LogP contribution in [0.4, 0.5) is 0 Å². The third kappa shape index (κ3) is 1.36. The molecule has 0 unspecified atom stereocenters. The molecule has 0 N–H and O–H groups in total. The van der Waals surface area contributed by atoms with Gasteiger partial charge in [0.2, 0.25) is 0 Å². The Morgan fingerprint density at radius 2 is 2.00 bits per heavy atom. The molecule has 1 aromatic carbocycles. The highest BCUT2D eigenvalue weighted by molar-refractivity contribution is 6.32. The normalized spacial score (nSPS) is 15.5. The summed E-state index contributed by atoms with van der Waals surface area (Å²) in [6.07, 6.45) is 2.67. The van der Waals surface area contributed by atoms with Crippen LogP contribution in [0.1, 0.15) is 39.9 Å². The Kier molecular flexibility index (Phi) is 2.36. The molecule has 14 heavy (non-hydrogen) atoms. The highest BCUT2D eigenvalue weighted by atomic mass is 35.5. The van der Waals surface area contributed by atoms with Gasteiger partial charge in [-0.3, -0.25) is 4.79 Å². The minimum absolute atomic E-state index is 0.259. The standard InChI is InChI=1S/C12H13ClO/c1-7-6-10(13)8(2)12-9(7)4-3-5-11(12)14/h6H,3-5H2,1-2H3. The van der Waals surface area contributed by atoms with Gasteiger partial charge in [-0.15, -0.1) is 0 Å². The van der Waals surface area contributed by atoms with E-state index in [4.69, 9.17) is 11.6 Å². The number of Topliss-reactive ketones (excluding diaryl/α,β-unsaturated/α-hetero) is 1. The van der Waals surface area contributed by atoms with Crippen LogP contribution in [0.2, 0.25) is 5.02 Å².